The van der Waals surface area contributed by atoms with Gasteiger partial charge < -0.3 is 20.1 Å². The minimum absolute atomic E-state index is 0.296. The highest BCUT2D eigenvalue weighted by atomic mass is 16.5. The van der Waals surface area contributed by atoms with Gasteiger partial charge in [-0.05, 0) is 46.5 Å². The smallest absolute Gasteiger partial charge is 0.191 e. The molecule has 1 aliphatic carbocycles. The number of ether oxygens (including phenoxy) is 2. The molecule has 2 fully saturated rings. The maximum absolute atomic E-state index is 5.78. The van der Waals surface area contributed by atoms with Gasteiger partial charge in [0, 0.05) is 51.5 Å². The van der Waals surface area contributed by atoms with Crippen LogP contribution in [0.5, 0.6) is 0 Å². The van der Waals surface area contributed by atoms with E-state index in [-0.39, 0.29) is 0 Å². The molecule has 0 aromatic rings. The Bertz CT molecular complexity index is 364. The standard InChI is InChI=1S/C18H36N4O2/c1-4-19-18(20-9-5-12-24-17-8-13-23-14-17)21-10-11-22(15(2)3)16-6-7-16/h15-17H,4-14H2,1-3H3,(H2,19,20,21). The van der Waals surface area contributed by atoms with Crippen molar-refractivity contribution in [3.05, 3.63) is 0 Å². The van der Waals surface area contributed by atoms with E-state index in [1.807, 2.05) is 0 Å². The Labute approximate surface area is 147 Å². The molecule has 0 amide bonds. The fourth-order valence-corrected chi connectivity index (χ4v) is 3.06. The molecule has 2 rings (SSSR count). The summed E-state index contributed by atoms with van der Waals surface area (Å²) in [5, 5.41) is 6.78. The Balaban J connectivity index is 1.60. The molecule has 1 atom stereocenters. The molecule has 1 saturated heterocycles. The van der Waals surface area contributed by atoms with Crippen molar-refractivity contribution >= 4 is 5.96 Å². The van der Waals surface area contributed by atoms with Gasteiger partial charge in [0.1, 0.15) is 0 Å². The van der Waals surface area contributed by atoms with Crippen LogP contribution in [-0.4, -0.2) is 75.0 Å². The molecule has 0 bridgehead atoms. The molecule has 24 heavy (non-hydrogen) atoms. The predicted molar refractivity (Wildman–Crippen MR) is 98.6 cm³/mol. The highest BCUT2D eigenvalue weighted by Crippen LogP contribution is 2.27. The SMILES string of the molecule is CCNC(=NCCCOC1CCOC1)NCCN(C(C)C)C1CC1. The van der Waals surface area contributed by atoms with Crippen molar-refractivity contribution in [2.45, 2.75) is 64.6 Å². The minimum atomic E-state index is 0.296. The van der Waals surface area contributed by atoms with E-state index < -0.39 is 0 Å². The second kappa shape index (κ2) is 10.9. The van der Waals surface area contributed by atoms with Gasteiger partial charge in [0.15, 0.2) is 5.96 Å². The molecule has 140 valence electrons. The maximum Gasteiger partial charge on any atom is 0.191 e. The molecular formula is C18H36N4O2. The van der Waals surface area contributed by atoms with Crippen molar-refractivity contribution in [1.29, 1.82) is 0 Å². The van der Waals surface area contributed by atoms with E-state index in [0.29, 0.717) is 12.1 Å². The van der Waals surface area contributed by atoms with E-state index >= 15 is 0 Å². The average Bonchev–Trinajstić information content (AvgIpc) is 3.25. The largest absolute Gasteiger partial charge is 0.379 e. The molecule has 0 spiro atoms. The first-order chi connectivity index (χ1) is 11.7. The molecule has 1 saturated carbocycles. The van der Waals surface area contributed by atoms with Gasteiger partial charge in [-0.3, -0.25) is 9.89 Å². The van der Waals surface area contributed by atoms with Gasteiger partial charge in [-0.1, -0.05) is 0 Å². The van der Waals surface area contributed by atoms with Gasteiger partial charge in [0.05, 0.1) is 12.7 Å². The topological polar surface area (TPSA) is 58.1 Å². The lowest BCUT2D eigenvalue weighted by Gasteiger charge is -2.26. The van der Waals surface area contributed by atoms with Crippen LogP contribution in [0.15, 0.2) is 4.99 Å². The number of nitrogens with zero attached hydrogens (tertiary/aromatic N) is 2. The Morgan fingerprint density at radius 1 is 1.29 bits per heavy atom. The zero-order valence-corrected chi connectivity index (χ0v) is 15.7. The molecule has 1 aliphatic heterocycles. The molecule has 6 nitrogen and oxygen atoms in total. The Morgan fingerprint density at radius 3 is 2.75 bits per heavy atom. The lowest BCUT2D eigenvalue weighted by molar-refractivity contribution is 0.0424. The predicted octanol–water partition coefficient (Wildman–Crippen LogP) is 1.61. The normalized spacial score (nSPS) is 21.7. The number of nitrogens with one attached hydrogen (secondary N) is 2. The molecule has 0 radical (unpaired) electrons. The van der Waals surface area contributed by atoms with Crippen molar-refractivity contribution in [1.82, 2.24) is 15.5 Å². The fraction of sp³-hybridized carbons (Fsp3) is 0.944. The van der Waals surface area contributed by atoms with Crippen molar-refractivity contribution in [2.24, 2.45) is 4.99 Å². The summed E-state index contributed by atoms with van der Waals surface area (Å²) in [6.45, 7) is 12.7. The van der Waals surface area contributed by atoms with E-state index in [0.717, 1.165) is 70.8 Å². The van der Waals surface area contributed by atoms with Gasteiger partial charge in [0.2, 0.25) is 0 Å². The first kappa shape index (κ1) is 19.5. The molecular weight excluding hydrogens is 304 g/mol. The molecule has 6 heteroatoms. The molecule has 2 aliphatic rings. The molecule has 0 aromatic heterocycles. The van der Waals surface area contributed by atoms with E-state index in [1.54, 1.807) is 0 Å². The number of guanidine groups is 1. The summed E-state index contributed by atoms with van der Waals surface area (Å²) in [7, 11) is 0. The van der Waals surface area contributed by atoms with Gasteiger partial charge in [-0.15, -0.1) is 0 Å². The van der Waals surface area contributed by atoms with Crippen LogP contribution in [0.1, 0.15) is 46.5 Å². The van der Waals surface area contributed by atoms with Crippen LogP contribution < -0.4 is 10.6 Å². The van der Waals surface area contributed by atoms with Crippen LogP contribution in [0.25, 0.3) is 0 Å². The minimum Gasteiger partial charge on any atom is -0.379 e. The summed E-state index contributed by atoms with van der Waals surface area (Å²) in [4.78, 5) is 7.24. The average molecular weight is 341 g/mol. The summed E-state index contributed by atoms with van der Waals surface area (Å²) in [6.07, 6.45) is 5.00. The third-order valence-electron chi connectivity index (χ3n) is 4.50. The molecule has 0 aromatic carbocycles. The zero-order valence-electron chi connectivity index (χ0n) is 15.7. The zero-order chi connectivity index (χ0) is 17.2. The summed E-state index contributed by atoms with van der Waals surface area (Å²) in [5.41, 5.74) is 0. The lowest BCUT2D eigenvalue weighted by Crippen LogP contribution is -2.44. The quantitative estimate of drug-likeness (QED) is 0.340. The molecule has 1 heterocycles. The lowest BCUT2D eigenvalue weighted by atomic mass is 10.3. The van der Waals surface area contributed by atoms with Crippen molar-refractivity contribution in [2.75, 3.05) is 46.0 Å². The Hall–Kier alpha value is -0.850. The summed E-state index contributed by atoms with van der Waals surface area (Å²) >= 11 is 0. The number of hydrogen-bond donors (Lipinski definition) is 2. The van der Waals surface area contributed by atoms with Crippen LogP contribution in [0.4, 0.5) is 0 Å². The van der Waals surface area contributed by atoms with Crippen LogP contribution >= 0.6 is 0 Å². The highest BCUT2D eigenvalue weighted by Gasteiger charge is 2.30. The van der Waals surface area contributed by atoms with Gasteiger partial charge in [-0.25, -0.2) is 0 Å². The van der Waals surface area contributed by atoms with Gasteiger partial charge in [-0.2, -0.15) is 0 Å². The first-order valence-electron chi connectivity index (χ1n) is 9.68. The second-order valence-corrected chi connectivity index (χ2v) is 6.96. The van der Waals surface area contributed by atoms with Crippen LogP contribution in [0.3, 0.4) is 0 Å². The molecule has 1 unspecified atom stereocenters. The van der Waals surface area contributed by atoms with E-state index in [4.69, 9.17) is 9.47 Å². The van der Waals surface area contributed by atoms with Crippen LogP contribution in [-0.2, 0) is 9.47 Å². The third-order valence-corrected chi connectivity index (χ3v) is 4.50. The fourth-order valence-electron chi connectivity index (χ4n) is 3.06. The summed E-state index contributed by atoms with van der Waals surface area (Å²) in [6, 6.07) is 1.43. The summed E-state index contributed by atoms with van der Waals surface area (Å²) < 4.78 is 11.1. The Kier molecular flexibility index (Phi) is 8.84. The van der Waals surface area contributed by atoms with E-state index in [1.165, 1.54) is 12.8 Å². The Morgan fingerprint density at radius 2 is 2.12 bits per heavy atom. The second-order valence-electron chi connectivity index (χ2n) is 6.96. The van der Waals surface area contributed by atoms with Gasteiger partial charge >= 0.3 is 0 Å². The van der Waals surface area contributed by atoms with Crippen molar-refractivity contribution in [3.63, 3.8) is 0 Å². The van der Waals surface area contributed by atoms with Crippen LogP contribution in [0, 0.1) is 0 Å². The monoisotopic (exact) mass is 340 g/mol. The summed E-state index contributed by atoms with van der Waals surface area (Å²) in [5.74, 6) is 0.918. The third kappa shape index (κ3) is 7.36. The number of hydrogen-bond acceptors (Lipinski definition) is 4. The van der Waals surface area contributed by atoms with E-state index in [9.17, 15) is 0 Å². The van der Waals surface area contributed by atoms with Crippen molar-refractivity contribution < 1.29 is 9.47 Å². The maximum atomic E-state index is 5.78. The van der Waals surface area contributed by atoms with Crippen molar-refractivity contribution in [3.8, 4) is 0 Å². The van der Waals surface area contributed by atoms with Gasteiger partial charge in [0.25, 0.3) is 0 Å². The van der Waals surface area contributed by atoms with E-state index in [2.05, 4.69) is 41.3 Å². The number of rotatable bonds is 11. The first-order valence-corrected chi connectivity index (χ1v) is 9.68. The number of aliphatic imine (C=N–C) groups is 1. The van der Waals surface area contributed by atoms with Crippen LogP contribution in [0.2, 0.25) is 0 Å². The highest BCUT2D eigenvalue weighted by molar-refractivity contribution is 5.79. The molecule has 2 N–H and O–H groups in total.